The average molecular weight is 292 g/mol. The van der Waals surface area contributed by atoms with E-state index in [9.17, 15) is 13.6 Å². The number of carbonyl (C=O) groups is 1. The van der Waals surface area contributed by atoms with Crippen LogP contribution < -0.4 is 0 Å². The van der Waals surface area contributed by atoms with E-state index in [2.05, 4.69) is 4.98 Å². The first-order valence-corrected chi connectivity index (χ1v) is 6.86. The number of aromatic nitrogens is 2. The highest BCUT2D eigenvalue weighted by molar-refractivity contribution is 7.15. The SMILES string of the molecule is O=C(Cc1cn2ccsc2n1)Cc1ccc(F)cc1F. The summed E-state index contributed by atoms with van der Waals surface area (Å²) in [5.41, 5.74) is 0.863. The number of Topliss-reactive ketones (excluding diaryl/α,β-unsaturated/α-hetero) is 1. The van der Waals surface area contributed by atoms with Crippen molar-refractivity contribution in [3.8, 4) is 0 Å². The summed E-state index contributed by atoms with van der Waals surface area (Å²) in [5, 5.41) is 1.90. The van der Waals surface area contributed by atoms with Crippen LogP contribution in [0.15, 0.2) is 36.0 Å². The van der Waals surface area contributed by atoms with E-state index in [1.807, 2.05) is 16.0 Å². The van der Waals surface area contributed by atoms with E-state index >= 15 is 0 Å². The van der Waals surface area contributed by atoms with Crippen LogP contribution >= 0.6 is 11.3 Å². The topological polar surface area (TPSA) is 34.4 Å². The van der Waals surface area contributed by atoms with Gasteiger partial charge in [-0.25, -0.2) is 13.8 Å². The Morgan fingerprint density at radius 1 is 1.30 bits per heavy atom. The smallest absolute Gasteiger partial charge is 0.193 e. The number of benzene rings is 1. The van der Waals surface area contributed by atoms with Crippen molar-refractivity contribution in [3.05, 3.63) is 58.9 Å². The van der Waals surface area contributed by atoms with E-state index in [4.69, 9.17) is 0 Å². The predicted molar refractivity (Wildman–Crippen MR) is 71.8 cm³/mol. The van der Waals surface area contributed by atoms with Crippen LogP contribution in [-0.2, 0) is 17.6 Å². The fourth-order valence-corrected chi connectivity index (χ4v) is 2.72. The molecule has 0 aliphatic heterocycles. The van der Waals surface area contributed by atoms with E-state index in [1.165, 1.54) is 17.4 Å². The molecule has 6 heteroatoms. The van der Waals surface area contributed by atoms with Crippen LogP contribution in [0.3, 0.4) is 0 Å². The normalized spacial score (nSPS) is 11.1. The van der Waals surface area contributed by atoms with Crippen molar-refractivity contribution in [3.63, 3.8) is 0 Å². The Morgan fingerprint density at radius 2 is 2.15 bits per heavy atom. The summed E-state index contributed by atoms with van der Waals surface area (Å²) in [7, 11) is 0. The maximum atomic E-state index is 13.5. The molecule has 2 heterocycles. The number of fused-ring (bicyclic) bond motifs is 1. The van der Waals surface area contributed by atoms with Gasteiger partial charge in [-0.1, -0.05) is 6.07 Å². The lowest BCUT2D eigenvalue weighted by molar-refractivity contribution is -0.117. The van der Waals surface area contributed by atoms with E-state index < -0.39 is 11.6 Å². The lowest BCUT2D eigenvalue weighted by Crippen LogP contribution is -2.08. The van der Waals surface area contributed by atoms with Gasteiger partial charge in [-0.3, -0.25) is 9.20 Å². The molecular formula is C14H10F2N2OS. The minimum Gasteiger partial charge on any atom is -0.299 e. The standard InChI is InChI=1S/C14H10F2N2OS/c15-10-2-1-9(13(16)6-10)5-12(19)7-11-8-18-3-4-20-14(18)17-11/h1-4,6,8H,5,7H2. The maximum absolute atomic E-state index is 13.5. The molecule has 0 amide bonds. The maximum Gasteiger partial charge on any atom is 0.193 e. The van der Waals surface area contributed by atoms with Crippen molar-refractivity contribution >= 4 is 22.1 Å². The molecular weight excluding hydrogens is 282 g/mol. The molecule has 0 saturated heterocycles. The van der Waals surface area contributed by atoms with Crippen molar-refractivity contribution in [2.24, 2.45) is 0 Å². The molecule has 0 aliphatic rings. The van der Waals surface area contributed by atoms with Gasteiger partial charge in [0.05, 0.1) is 12.1 Å². The Bertz CT molecular complexity index is 750. The largest absolute Gasteiger partial charge is 0.299 e. The van der Waals surface area contributed by atoms with Gasteiger partial charge in [0.25, 0.3) is 0 Å². The second-order valence-corrected chi connectivity index (χ2v) is 5.33. The van der Waals surface area contributed by atoms with Crippen molar-refractivity contribution in [1.82, 2.24) is 9.38 Å². The minimum absolute atomic E-state index is 0.0582. The van der Waals surface area contributed by atoms with Crippen LogP contribution in [0.5, 0.6) is 0 Å². The molecule has 0 atom stereocenters. The molecule has 1 aromatic carbocycles. The monoisotopic (exact) mass is 292 g/mol. The van der Waals surface area contributed by atoms with Gasteiger partial charge in [0.15, 0.2) is 4.96 Å². The lowest BCUT2D eigenvalue weighted by Gasteiger charge is -2.02. The van der Waals surface area contributed by atoms with Crippen molar-refractivity contribution < 1.29 is 13.6 Å². The fraction of sp³-hybridized carbons (Fsp3) is 0.143. The highest BCUT2D eigenvalue weighted by Gasteiger charge is 2.12. The molecule has 0 N–H and O–H groups in total. The van der Waals surface area contributed by atoms with E-state index in [-0.39, 0.29) is 24.2 Å². The number of nitrogens with zero attached hydrogens (tertiary/aromatic N) is 2. The first-order chi connectivity index (χ1) is 9.61. The van der Waals surface area contributed by atoms with E-state index in [1.54, 1.807) is 6.20 Å². The van der Waals surface area contributed by atoms with Crippen LogP contribution in [0.2, 0.25) is 0 Å². The zero-order valence-electron chi connectivity index (χ0n) is 10.3. The highest BCUT2D eigenvalue weighted by Crippen LogP contribution is 2.14. The van der Waals surface area contributed by atoms with E-state index in [0.29, 0.717) is 5.69 Å². The third kappa shape index (κ3) is 2.60. The van der Waals surface area contributed by atoms with Crippen molar-refractivity contribution in [1.29, 1.82) is 0 Å². The molecule has 0 bridgehead atoms. The van der Waals surface area contributed by atoms with Crippen LogP contribution in [0, 0.1) is 11.6 Å². The molecule has 0 spiro atoms. The molecule has 2 aromatic heterocycles. The number of ketones is 1. The van der Waals surface area contributed by atoms with Gasteiger partial charge in [-0.2, -0.15) is 0 Å². The van der Waals surface area contributed by atoms with Crippen molar-refractivity contribution in [2.45, 2.75) is 12.8 Å². The summed E-state index contributed by atoms with van der Waals surface area (Å²) >= 11 is 1.48. The predicted octanol–water partition coefficient (Wildman–Crippen LogP) is 3.03. The summed E-state index contributed by atoms with van der Waals surface area (Å²) in [6, 6.07) is 3.24. The number of imidazole rings is 1. The van der Waals surface area contributed by atoms with Crippen LogP contribution in [0.4, 0.5) is 8.78 Å². The molecule has 102 valence electrons. The number of thiazole rings is 1. The zero-order chi connectivity index (χ0) is 14.1. The second-order valence-electron chi connectivity index (χ2n) is 4.45. The zero-order valence-corrected chi connectivity index (χ0v) is 11.2. The highest BCUT2D eigenvalue weighted by atomic mass is 32.1. The summed E-state index contributed by atoms with van der Waals surface area (Å²) in [6.45, 7) is 0. The quantitative estimate of drug-likeness (QED) is 0.741. The number of rotatable bonds is 4. The van der Waals surface area contributed by atoms with Gasteiger partial charge in [0, 0.05) is 30.3 Å². The van der Waals surface area contributed by atoms with Crippen molar-refractivity contribution in [2.75, 3.05) is 0 Å². The Hall–Kier alpha value is -2.08. The third-order valence-electron chi connectivity index (χ3n) is 2.92. The molecule has 0 fully saturated rings. The summed E-state index contributed by atoms with van der Waals surface area (Å²) in [5.74, 6) is -1.49. The summed E-state index contributed by atoms with van der Waals surface area (Å²) in [6.07, 6.45) is 3.73. The Kier molecular flexibility index (Phi) is 3.31. The minimum atomic E-state index is -0.691. The van der Waals surface area contributed by atoms with E-state index in [0.717, 1.165) is 17.1 Å². The van der Waals surface area contributed by atoms with Crippen LogP contribution in [-0.4, -0.2) is 15.2 Å². The molecule has 0 aliphatic carbocycles. The summed E-state index contributed by atoms with van der Waals surface area (Å²) < 4.78 is 28.1. The van der Waals surface area contributed by atoms with Gasteiger partial charge in [-0.15, -0.1) is 11.3 Å². The molecule has 3 nitrogen and oxygen atoms in total. The van der Waals surface area contributed by atoms with Gasteiger partial charge in [0.2, 0.25) is 0 Å². The third-order valence-corrected chi connectivity index (χ3v) is 3.69. The number of hydrogen-bond donors (Lipinski definition) is 0. The summed E-state index contributed by atoms with van der Waals surface area (Å²) in [4.78, 5) is 17.0. The number of halogens is 2. The second kappa shape index (κ2) is 5.13. The molecule has 3 rings (SSSR count). The molecule has 0 unspecified atom stereocenters. The van der Waals surface area contributed by atoms with Crippen LogP contribution in [0.25, 0.3) is 4.96 Å². The Morgan fingerprint density at radius 3 is 2.90 bits per heavy atom. The molecule has 0 radical (unpaired) electrons. The molecule has 0 saturated carbocycles. The average Bonchev–Trinajstić information content (AvgIpc) is 2.93. The number of hydrogen-bond acceptors (Lipinski definition) is 3. The first kappa shape index (κ1) is 12.9. The van der Waals surface area contributed by atoms with Crippen LogP contribution in [0.1, 0.15) is 11.3 Å². The van der Waals surface area contributed by atoms with Gasteiger partial charge in [-0.05, 0) is 11.6 Å². The number of carbonyl (C=O) groups excluding carboxylic acids is 1. The fourth-order valence-electron chi connectivity index (χ4n) is 2.00. The Balaban J connectivity index is 1.71. The van der Waals surface area contributed by atoms with Gasteiger partial charge < -0.3 is 0 Å². The lowest BCUT2D eigenvalue weighted by atomic mass is 10.1. The first-order valence-electron chi connectivity index (χ1n) is 5.98. The molecule has 20 heavy (non-hydrogen) atoms. The van der Waals surface area contributed by atoms with Gasteiger partial charge >= 0.3 is 0 Å². The Labute approximate surface area is 117 Å². The van der Waals surface area contributed by atoms with Gasteiger partial charge in [0.1, 0.15) is 17.4 Å². The molecule has 3 aromatic rings.